The van der Waals surface area contributed by atoms with Crippen LogP contribution in [-0.4, -0.2) is 15.0 Å². The summed E-state index contributed by atoms with van der Waals surface area (Å²) < 4.78 is 34.7. The average molecular weight is 383 g/mol. The van der Waals surface area contributed by atoms with Gasteiger partial charge in [-0.05, 0) is 48.5 Å². The first-order valence-corrected chi connectivity index (χ1v) is 8.71. The van der Waals surface area contributed by atoms with E-state index in [1.165, 1.54) is 12.1 Å². The van der Waals surface area contributed by atoms with Crippen molar-refractivity contribution in [3.8, 4) is 5.75 Å². The number of aromatic nitrogens is 2. The fraction of sp³-hybridized carbons (Fsp3) is 0.200. The second kappa shape index (κ2) is 8.53. The van der Waals surface area contributed by atoms with E-state index in [1.807, 2.05) is 24.3 Å². The summed E-state index contributed by atoms with van der Waals surface area (Å²) in [6.07, 6.45) is 3.27. The Morgan fingerprint density at radius 2 is 1.57 bits per heavy atom. The Morgan fingerprint density at radius 1 is 0.893 bits per heavy atom. The fourth-order valence-electron chi connectivity index (χ4n) is 2.70. The molecule has 0 radical (unpaired) electrons. The highest BCUT2D eigenvalue weighted by molar-refractivity contribution is 5.22. The normalized spacial score (nSPS) is 11.2. The highest BCUT2D eigenvalue weighted by atomic mass is 19.1. The van der Waals surface area contributed by atoms with E-state index in [0.29, 0.717) is 37.1 Å². The quantitative estimate of drug-likeness (QED) is 0.429. The van der Waals surface area contributed by atoms with E-state index in [9.17, 15) is 4.39 Å². The summed E-state index contributed by atoms with van der Waals surface area (Å²) in [4.78, 5) is 6.43. The molecule has 1 aromatic carbocycles. The minimum atomic E-state index is -0.317. The summed E-state index contributed by atoms with van der Waals surface area (Å²) in [6, 6.07) is 13.3. The van der Waals surface area contributed by atoms with Crippen LogP contribution in [-0.2, 0) is 26.2 Å². The monoisotopic (exact) mass is 383 g/mol. The van der Waals surface area contributed by atoms with Gasteiger partial charge in [0.25, 0.3) is 0 Å². The molecule has 7 nitrogen and oxygen atoms in total. The fourth-order valence-corrected chi connectivity index (χ4v) is 2.70. The summed E-state index contributed by atoms with van der Waals surface area (Å²) in [5.41, 5.74) is 0. The van der Waals surface area contributed by atoms with Crippen molar-refractivity contribution in [2.45, 2.75) is 26.2 Å². The number of furan rings is 2. The number of halogens is 1. The van der Waals surface area contributed by atoms with Crippen LogP contribution in [0.5, 0.6) is 5.75 Å². The first-order chi connectivity index (χ1) is 13.7. The zero-order valence-electron chi connectivity index (χ0n) is 15.0. The molecular formula is C20H18FN3O4. The van der Waals surface area contributed by atoms with Crippen LogP contribution in [0.4, 0.5) is 4.39 Å². The Bertz CT molecular complexity index is 929. The molecule has 0 N–H and O–H groups in total. The van der Waals surface area contributed by atoms with Gasteiger partial charge in [0.15, 0.2) is 6.61 Å². The predicted octanol–water partition coefficient (Wildman–Crippen LogP) is 4.18. The SMILES string of the molecule is Fc1ccc(OCc2noc(CN(Cc3ccco3)Cc3ccco3)n2)cc1. The van der Waals surface area contributed by atoms with Crippen molar-refractivity contribution in [2.75, 3.05) is 0 Å². The van der Waals surface area contributed by atoms with Crippen molar-refractivity contribution in [1.29, 1.82) is 0 Å². The molecule has 0 fully saturated rings. The third-order valence-corrected chi connectivity index (χ3v) is 3.97. The van der Waals surface area contributed by atoms with Gasteiger partial charge in [-0.2, -0.15) is 4.98 Å². The molecule has 3 heterocycles. The predicted molar refractivity (Wildman–Crippen MR) is 95.4 cm³/mol. The van der Waals surface area contributed by atoms with Gasteiger partial charge in [-0.15, -0.1) is 0 Å². The number of rotatable bonds is 9. The van der Waals surface area contributed by atoms with Gasteiger partial charge < -0.3 is 18.1 Å². The molecule has 0 amide bonds. The van der Waals surface area contributed by atoms with Crippen molar-refractivity contribution in [3.63, 3.8) is 0 Å². The molecule has 0 bridgehead atoms. The topological polar surface area (TPSA) is 77.7 Å². The summed E-state index contributed by atoms with van der Waals surface area (Å²) in [7, 11) is 0. The highest BCUT2D eigenvalue weighted by Crippen LogP contribution is 2.15. The van der Waals surface area contributed by atoms with E-state index in [1.54, 1.807) is 24.7 Å². The lowest BCUT2D eigenvalue weighted by Gasteiger charge is -2.17. The maximum absolute atomic E-state index is 12.9. The van der Waals surface area contributed by atoms with E-state index >= 15 is 0 Å². The molecule has 0 spiro atoms. The number of hydrogen-bond donors (Lipinski definition) is 0. The maximum atomic E-state index is 12.9. The molecule has 4 aromatic rings. The van der Waals surface area contributed by atoms with E-state index < -0.39 is 0 Å². The second-order valence-corrected chi connectivity index (χ2v) is 6.15. The molecule has 3 aromatic heterocycles. The molecule has 28 heavy (non-hydrogen) atoms. The lowest BCUT2D eigenvalue weighted by atomic mass is 10.3. The van der Waals surface area contributed by atoms with Gasteiger partial charge in [0.1, 0.15) is 23.1 Å². The van der Waals surface area contributed by atoms with E-state index in [4.69, 9.17) is 18.1 Å². The van der Waals surface area contributed by atoms with Gasteiger partial charge in [0.2, 0.25) is 11.7 Å². The first kappa shape index (κ1) is 18.0. The Hall–Kier alpha value is -3.39. The van der Waals surface area contributed by atoms with Gasteiger partial charge >= 0.3 is 0 Å². The largest absolute Gasteiger partial charge is 0.485 e. The van der Waals surface area contributed by atoms with Gasteiger partial charge in [0, 0.05) is 0 Å². The Kier molecular flexibility index (Phi) is 5.48. The molecular weight excluding hydrogens is 365 g/mol. The van der Waals surface area contributed by atoms with E-state index in [2.05, 4.69) is 15.0 Å². The highest BCUT2D eigenvalue weighted by Gasteiger charge is 2.16. The summed E-state index contributed by atoms with van der Waals surface area (Å²) >= 11 is 0. The van der Waals surface area contributed by atoms with E-state index in [0.717, 1.165) is 11.5 Å². The standard InChI is InChI=1S/C20H18FN3O4/c21-15-5-7-16(8-6-15)27-14-19-22-20(28-23-19)13-24(11-17-3-1-9-25-17)12-18-4-2-10-26-18/h1-10H,11-14H2. The van der Waals surface area contributed by atoms with Crippen LogP contribution in [0.3, 0.4) is 0 Å². The summed E-state index contributed by atoms with van der Waals surface area (Å²) in [6.45, 7) is 1.69. The lowest BCUT2D eigenvalue weighted by Crippen LogP contribution is -2.22. The number of nitrogens with zero attached hydrogens (tertiary/aromatic N) is 3. The van der Waals surface area contributed by atoms with Gasteiger partial charge in [-0.25, -0.2) is 4.39 Å². The Labute approximate surface area is 160 Å². The summed E-state index contributed by atoms with van der Waals surface area (Å²) in [5, 5.41) is 3.94. The zero-order chi connectivity index (χ0) is 19.2. The second-order valence-electron chi connectivity index (χ2n) is 6.15. The third-order valence-electron chi connectivity index (χ3n) is 3.97. The molecule has 0 aliphatic heterocycles. The molecule has 0 atom stereocenters. The van der Waals surface area contributed by atoms with Crippen LogP contribution in [0.2, 0.25) is 0 Å². The van der Waals surface area contributed by atoms with Crippen LogP contribution >= 0.6 is 0 Å². The molecule has 144 valence electrons. The van der Waals surface area contributed by atoms with Crippen LogP contribution in [0.25, 0.3) is 0 Å². The van der Waals surface area contributed by atoms with E-state index in [-0.39, 0.29) is 12.4 Å². The molecule has 0 aliphatic rings. The first-order valence-electron chi connectivity index (χ1n) is 8.71. The number of benzene rings is 1. The molecule has 0 aliphatic carbocycles. The average Bonchev–Trinajstić information content (AvgIpc) is 3.45. The molecule has 0 saturated heterocycles. The smallest absolute Gasteiger partial charge is 0.240 e. The maximum Gasteiger partial charge on any atom is 0.240 e. The van der Waals surface area contributed by atoms with Crippen molar-refractivity contribution in [3.05, 3.63) is 90.1 Å². The van der Waals surface area contributed by atoms with Gasteiger partial charge in [-0.1, -0.05) is 5.16 Å². The van der Waals surface area contributed by atoms with Crippen LogP contribution in [0.15, 0.2) is 74.4 Å². The van der Waals surface area contributed by atoms with Crippen molar-refractivity contribution < 1.29 is 22.5 Å². The zero-order valence-corrected chi connectivity index (χ0v) is 15.0. The number of ether oxygens (including phenoxy) is 1. The van der Waals surface area contributed by atoms with Crippen molar-refractivity contribution >= 4 is 0 Å². The Morgan fingerprint density at radius 3 is 2.18 bits per heavy atom. The molecule has 0 unspecified atom stereocenters. The third kappa shape index (κ3) is 4.86. The minimum Gasteiger partial charge on any atom is -0.485 e. The Balaban J connectivity index is 1.38. The van der Waals surface area contributed by atoms with Gasteiger partial charge in [-0.3, -0.25) is 4.90 Å². The molecule has 4 rings (SSSR count). The lowest BCUT2D eigenvalue weighted by molar-refractivity contribution is 0.183. The minimum absolute atomic E-state index is 0.130. The van der Waals surface area contributed by atoms with Crippen LogP contribution in [0, 0.1) is 5.82 Å². The van der Waals surface area contributed by atoms with Crippen LogP contribution < -0.4 is 4.74 Å². The van der Waals surface area contributed by atoms with Crippen molar-refractivity contribution in [1.82, 2.24) is 15.0 Å². The summed E-state index contributed by atoms with van der Waals surface area (Å²) in [5.74, 6) is 2.73. The molecule has 8 heteroatoms. The molecule has 0 saturated carbocycles. The van der Waals surface area contributed by atoms with Crippen molar-refractivity contribution in [2.24, 2.45) is 0 Å². The van der Waals surface area contributed by atoms with Crippen LogP contribution in [0.1, 0.15) is 23.2 Å². The number of hydrogen-bond acceptors (Lipinski definition) is 7. The van der Waals surface area contributed by atoms with Gasteiger partial charge in [0.05, 0.1) is 32.2 Å².